The summed E-state index contributed by atoms with van der Waals surface area (Å²) in [5.41, 5.74) is 0.702. The van der Waals surface area contributed by atoms with Crippen molar-refractivity contribution >= 4 is 22.7 Å². The van der Waals surface area contributed by atoms with Gasteiger partial charge in [0.15, 0.2) is 5.16 Å². The van der Waals surface area contributed by atoms with E-state index in [1.165, 1.54) is 23.9 Å². The lowest BCUT2D eigenvalue weighted by Crippen LogP contribution is -2.42. The third-order valence-electron chi connectivity index (χ3n) is 5.57. The molecule has 0 spiro atoms. The Kier molecular flexibility index (Phi) is 6.01. The van der Waals surface area contributed by atoms with E-state index in [-0.39, 0.29) is 11.4 Å². The number of rotatable bonds is 5. The number of fused-ring (bicyclic) bond motifs is 1. The molecule has 2 aromatic carbocycles. The van der Waals surface area contributed by atoms with Crippen molar-refractivity contribution in [3.63, 3.8) is 0 Å². The molecule has 1 aromatic heterocycles. The van der Waals surface area contributed by atoms with Crippen LogP contribution in [0, 0.1) is 11.7 Å². The van der Waals surface area contributed by atoms with Crippen LogP contribution in [0.4, 0.5) is 4.39 Å². The molecule has 6 heteroatoms. The van der Waals surface area contributed by atoms with E-state index in [0.717, 1.165) is 30.8 Å². The molecular formula is C23H26FN3OS. The summed E-state index contributed by atoms with van der Waals surface area (Å²) in [5.74, 6) is 0.147. The van der Waals surface area contributed by atoms with E-state index in [4.69, 9.17) is 4.98 Å². The fraction of sp³-hybridized carbons (Fsp3) is 0.391. The van der Waals surface area contributed by atoms with Crippen LogP contribution in [0.1, 0.15) is 26.7 Å². The first-order valence-corrected chi connectivity index (χ1v) is 11.0. The summed E-state index contributed by atoms with van der Waals surface area (Å²) in [7, 11) is 0. The lowest BCUT2D eigenvalue weighted by atomic mass is 9.97. The van der Waals surface area contributed by atoms with Gasteiger partial charge in [-0.2, -0.15) is 0 Å². The number of hydrogen-bond acceptors (Lipinski definition) is 4. The molecule has 0 saturated carbocycles. The molecule has 1 fully saturated rings. The molecule has 0 amide bonds. The molecule has 0 N–H and O–H groups in total. The molecule has 3 aromatic rings. The SMILES string of the molecule is CC(C)N1CCC[C@H](Cn2c(Sc3ccc(F)cc3)nc3ccccc3c2=O)C1. The van der Waals surface area contributed by atoms with E-state index < -0.39 is 0 Å². The molecule has 0 aliphatic carbocycles. The Morgan fingerprint density at radius 2 is 1.93 bits per heavy atom. The highest BCUT2D eigenvalue weighted by atomic mass is 32.2. The van der Waals surface area contributed by atoms with Crippen LogP contribution in [0.15, 0.2) is 63.4 Å². The second kappa shape index (κ2) is 8.67. The summed E-state index contributed by atoms with van der Waals surface area (Å²) >= 11 is 1.42. The number of para-hydroxylation sites is 1. The summed E-state index contributed by atoms with van der Waals surface area (Å²) in [6, 6.07) is 14.3. The zero-order chi connectivity index (χ0) is 20.4. The zero-order valence-electron chi connectivity index (χ0n) is 16.8. The van der Waals surface area contributed by atoms with Gasteiger partial charge in [-0.3, -0.25) is 9.36 Å². The quantitative estimate of drug-likeness (QED) is 0.565. The van der Waals surface area contributed by atoms with E-state index >= 15 is 0 Å². The largest absolute Gasteiger partial charge is 0.301 e. The van der Waals surface area contributed by atoms with Crippen LogP contribution in [0.3, 0.4) is 0 Å². The van der Waals surface area contributed by atoms with Crippen LogP contribution in [-0.2, 0) is 6.54 Å². The summed E-state index contributed by atoms with van der Waals surface area (Å²) < 4.78 is 15.1. The molecule has 1 atom stereocenters. The van der Waals surface area contributed by atoms with Crippen molar-refractivity contribution in [2.24, 2.45) is 5.92 Å². The lowest BCUT2D eigenvalue weighted by molar-refractivity contribution is 0.128. The third-order valence-corrected chi connectivity index (χ3v) is 6.57. The van der Waals surface area contributed by atoms with Gasteiger partial charge in [-0.1, -0.05) is 23.9 Å². The van der Waals surface area contributed by atoms with Crippen molar-refractivity contribution in [1.82, 2.24) is 14.5 Å². The standard InChI is InChI=1S/C23H26FN3OS/c1-16(2)26-13-5-6-17(14-26)15-27-22(28)20-7-3-4-8-21(20)25-23(27)29-19-11-9-18(24)10-12-19/h3-4,7-12,16-17H,5-6,13-15H2,1-2H3/t17-/m0/s1. The predicted octanol–water partition coefficient (Wildman–Crippen LogP) is 4.81. The second-order valence-corrected chi connectivity index (χ2v) is 9.02. The average molecular weight is 412 g/mol. The van der Waals surface area contributed by atoms with Crippen molar-refractivity contribution in [3.05, 3.63) is 64.7 Å². The molecule has 2 heterocycles. The van der Waals surface area contributed by atoms with Crippen molar-refractivity contribution in [3.8, 4) is 0 Å². The Morgan fingerprint density at radius 3 is 2.69 bits per heavy atom. The van der Waals surface area contributed by atoms with E-state index in [2.05, 4.69) is 18.7 Å². The number of hydrogen-bond donors (Lipinski definition) is 0. The fourth-order valence-corrected chi connectivity index (χ4v) is 4.86. The smallest absolute Gasteiger partial charge is 0.262 e. The molecule has 0 radical (unpaired) electrons. The first-order valence-electron chi connectivity index (χ1n) is 10.2. The minimum atomic E-state index is -0.269. The second-order valence-electron chi connectivity index (χ2n) is 7.98. The molecule has 152 valence electrons. The maximum absolute atomic E-state index is 13.3. The van der Waals surface area contributed by atoms with Crippen LogP contribution in [-0.4, -0.2) is 33.6 Å². The van der Waals surface area contributed by atoms with Crippen molar-refractivity contribution < 1.29 is 4.39 Å². The minimum Gasteiger partial charge on any atom is -0.301 e. The van der Waals surface area contributed by atoms with Crippen molar-refractivity contribution in [2.75, 3.05) is 13.1 Å². The van der Waals surface area contributed by atoms with Gasteiger partial charge in [0.1, 0.15) is 5.82 Å². The molecule has 1 aliphatic heterocycles. The molecule has 0 bridgehead atoms. The number of piperidine rings is 1. The molecule has 1 saturated heterocycles. The summed E-state index contributed by atoms with van der Waals surface area (Å²) in [6.07, 6.45) is 2.27. The van der Waals surface area contributed by atoms with Gasteiger partial charge in [0, 0.05) is 24.0 Å². The van der Waals surface area contributed by atoms with Crippen LogP contribution in [0.5, 0.6) is 0 Å². The van der Waals surface area contributed by atoms with Gasteiger partial charge >= 0.3 is 0 Å². The highest BCUT2D eigenvalue weighted by Crippen LogP contribution is 2.28. The topological polar surface area (TPSA) is 38.1 Å². The van der Waals surface area contributed by atoms with Gasteiger partial charge in [-0.05, 0) is 75.5 Å². The number of halogens is 1. The first kappa shape index (κ1) is 20.1. The Morgan fingerprint density at radius 1 is 1.17 bits per heavy atom. The highest BCUT2D eigenvalue weighted by molar-refractivity contribution is 7.99. The fourth-order valence-electron chi connectivity index (χ4n) is 3.97. The first-order chi connectivity index (χ1) is 14.0. The molecule has 0 unspecified atom stereocenters. The maximum atomic E-state index is 13.3. The lowest BCUT2D eigenvalue weighted by Gasteiger charge is -2.35. The molecule has 4 rings (SSSR count). The average Bonchev–Trinajstić information content (AvgIpc) is 2.73. The third kappa shape index (κ3) is 4.54. The van der Waals surface area contributed by atoms with E-state index in [1.807, 2.05) is 28.8 Å². The number of benzene rings is 2. The number of nitrogens with zero attached hydrogens (tertiary/aromatic N) is 3. The summed E-state index contributed by atoms with van der Waals surface area (Å²) in [6.45, 7) is 7.22. The summed E-state index contributed by atoms with van der Waals surface area (Å²) in [5, 5.41) is 1.31. The van der Waals surface area contributed by atoms with E-state index in [9.17, 15) is 9.18 Å². The molecule has 4 nitrogen and oxygen atoms in total. The van der Waals surface area contributed by atoms with Gasteiger partial charge < -0.3 is 4.90 Å². The van der Waals surface area contributed by atoms with Crippen molar-refractivity contribution in [2.45, 2.75) is 49.3 Å². The van der Waals surface area contributed by atoms with Gasteiger partial charge in [0.25, 0.3) is 5.56 Å². The van der Waals surface area contributed by atoms with Gasteiger partial charge in [0.2, 0.25) is 0 Å². The Bertz CT molecular complexity index is 1050. The van der Waals surface area contributed by atoms with Gasteiger partial charge in [-0.25, -0.2) is 9.37 Å². The molecular weight excluding hydrogens is 385 g/mol. The predicted molar refractivity (Wildman–Crippen MR) is 116 cm³/mol. The van der Waals surface area contributed by atoms with Crippen LogP contribution < -0.4 is 5.56 Å². The maximum Gasteiger partial charge on any atom is 0.262 e. The number of likely N-dealkylation sites (tertiary alicyclic amines) is 1. The Hall–Kier alpha value is -2.18. The van der Waals surface area contributed by atoms with Crippen molar-refractivity contribution in [1.29, 1.82) is 0 Å². The minimum absolute atomic E-state index is 0.00174. The van der Waals surface area contributed by atoms with Gasteiger partial charge in [-0.15, -0.1) is 0 Å². The summed E-state index contributed by atoms with van der Waals surface area (Å²) in [4.78, 5) is 21.5. The Balaban J connectivity index is 1.71. The molecule has 29 heavy (non-hydrogen) atoms. The van der Waals surface area contributed by atoms with E-state index in [1.54, 1.807) is 12.1 Å². The monoisotopic (exact) mass is 411 g/mol. The van der Waals surface area contributed by atoms with Crippen LogP contribution >= 0.6 is 11.8 Å². The Labute approximate surface area is 174 Å². The highest BCUT2D eigenvalue weighted by Gasteiger charge is 2.24. The van der Waals surface area contributed by atoms with Crippen LogP contribution in [0.25, 0.3) is 10.9 Å². The normalized spacial score (nSPS) is 17.9. The molecule has 1 aliphatic rings. The van der Waals surface area contributed by atoms with Gasteiger partial charge in [0.05, 0.1) is 10.9 Å². The zero-order valence-corrected chi connectivity index (χ0v) is 17.7. The van der Waals surface area contributed by atoms with E-state index in [0.29, 0.717) is 34.6 Å². The van der Waals surface area contributed by atoms with Crippen LogP contribution in [0.2, 0.25) is 0 Å². The number of aromatic nitrogens is 2.